The van der Waals surface area contributed by atoms with Crippen molar-refractivity contribution in [2.24, 2.45) is 11.8 Å². The van der Waals surface area contributed by atoms with Gasteiger partial charge in [0.2, 0.25) is 8.32 Å². The minimum absolute atomic E-state index is 0.0352. The van der Waals surface area contributed by atoms with Gasteiger partial charge in [0.25, 0.3) is 8.32 Å². The van der Waals surface area contributed by atoms with Crippen molar-refractivity contribution < 1.29 is 14.0 Å². The minimum atomic E-state index is -2.57. The van der Waals surface area contributed by atoms with Gasteiger partial charge in [0.05, 0.1) is 12.2 Å². The zero-order valence-corrected chi connectivity index (χ0v) is 30.8. The third-order valence-electron chi connectivity index (χ3n) is 10.8. The summed E-state index contributed by atoms with van der Waals surface area (Å²) in [7, 11) is -4.62. The quantitative estimate of drug-likeness (QED) is 0.146. The fraction of sp³-hybridized carbons (Fsp3) is 0.632. The molecule has 4 rings (SSSR count). The summed E-state index contributed by atoms with van der Waals surface area (Å²) in [5, 5.41) is 14.1. The summed E-state index contributed by atoms with van der Waals surface area (Å²) in [6.45, 7) is 24.4. The Morgan fingerprint density at radius 2 is 1.30 bits per heavy atom. The first-order chi connectivity index (χ1) is 20.3. The molecule has 3 nitrogen and oxygen atoms in total. The van der Waals surface area contributed by atoms with E-state index in [0.29, 0.717) is 35.1 Å². The molecule has 2 aromatic carbocycles. The number of rotatable bonds is 12. The summed E-state index contributed by atoms with van der Waals surface area (Å²) < 4.78 is 14.7. The second-order valence-electron chi connectivity index (χ2n) is 15.5. The molecule has 1 N–H and O–H groups in total. The molecule has 1 saturated carbocycles. The van der Waals surface area contributed by atoms with Gasteiger partial charge < -0.3 is 14.0 Å². The van der Waals surface area contributed by atoms with Gasteiger partial charge in [-0.25, -0.2) is 0 Å². The van der Waals surface area contributed by atoms with Crippen LogP contribution in [0.15, 0.2) is 71.8 Å². The molecule has 0 aromatic heterocycles. The van der Waals surface area contributed by atoms with E-state index >= 15 is 0 Å². The van der Waals surface area contributed by atoms with E-state index in [1.807, 2.05) is 0 Å². The predicted molar refractivity (Wildman–Crippen MR) is 188 cm³/mol. The van der Waals surface area contributed by atoms with Gasteiger partial charge >= 0.3 is 0 Å². The van der Waals surface area contributed by atoms with E-state index in [1.165, 1.54) is 27.9 Å². The van der Waals surface area contributed by atoms with Gasteiger partial charge in [-0.1, -0.05) is 130 Å². The van der Waals surface area contributed by atoms with Gasteiger partial charge in [0.15, 0.2) is 0 Å². The SMILES string of the molecule is CC1CC2C[C@H](O)C(CCCO[Si](c3ccccc3)(c3ccccc3)C(C)(C)C)=C2C(O[Si](C(C)C)(C(C)C)C(C)C)C1. The van der Waals surface area contributed by atoms with E-state index in [-0.39, 0.29) is 17.2 Å². The van der Waals surface area contributed by atoms with E-state index in [1.54, 1.807) is 0 Å². The standard InChI is InChI=1S/C38H60O3Si2/c1-27(2)42(28(3)4,29(5)6)41-36-25-30(7)24-31-26-35(39)34(37(31)36)22-17-23-40-43(38(8,9)10,32-18-13-11-14-19-32)33-20-15-12-16-21-33/h11-16,18-21,27-31,35-36,39H,17,22-26H2,1-10H3/t30?,31?,35-,36?/m0/s1. The van der Waals surface area contributed by atoms with Gasteiger partial charge in [-0.05, 0) is 87.1 Å². The van der Waals surface area contributed by atoms with Crippen LogP contribution in [-0.4, -0.2) is 40.6 Å². The van der Waals surface area contributed by atoms with Gasteiger partial charge in [-0.2, -0.15) is 0 Å². The highest BCUT2D eigenvalue weighted by atomic mass is 28.4. The van der Waals surface area contributed by atoms with Crippen molar-refractivity contribution in [2.45, 2.75) is 135 Å². The van der Waals surface area contributed by atoms with Crippen molar-refractivity contribution in [1.82, 2.24) is 0 Å². The van der Waals surface area contributed by atoms with E-state index in [0.717, 1.165) is 25.7 Å². The van der Waals surface area contributed by atoms with E-state index in [9.17, 15) is 5.11 Å². The molecule has 43 heavy (non-hydrogen) atoms. The van der Waals surface area contributed by atoms with Crippen LogP contribution in [0.25, 0.3) is 0 Å². The van der Waals surface area contributed by atoms with Crippen LogP contribution in [0.1, 0.15) is 101 Å². The highest BCUT2D eigenvalue weighted by Gasteiger charge is 2.51. The summed E-state index contributed by atoms with van der Waals surface area (Å²) in [5.41, 5.74) is 4.40. The maximum atomic E-state index is 11.5. The second kappa shape index (κ2) is 13.9. The molecule has 2 aliphatic carbocycles. The van der Waals surface area contributed by atoms with Crippen LogP contribution < -0.4 is 10.4 Å². The molecule has 2 aromatic rings. The lowest BCUT2D eigenvalue weighted by atomic mass is 9.77. The highest BCUT2D eigenvalue weighted by molar-refractivity contribution is 6.99. The average molecular weight is 621 g/mol. The smallest absolute Gasteiger partial charge is 0.261 e. The lowest BCUT2D eigenvalue weighted by molar-refractivity contribution is 0.130. The Morgan fingerprint density at radius 3 is 1.77 bits per heavy atom. The highest BCUT2D eigenvalue weighted by Crippen LogP contribution is 2.51. The number of hydrogen-bond donors (Lipinski definition) is 1. The first-order valence-corrected chi connectivity index (χ1v) is 21.1. The summed E-state index contributed by atoms with van der Waals surface area (Å²) in [4.78, 5) is 0. The van der Waals surface area contributed by atoms with Crippen molar-refractivity contribution in [3.05, 3.63) is 71.8 Å². The number of aliphatic hydroxyl groups is 1. The fourth-order valence-electron chi connectivity index (χ4n) is 9.09. The average Bonchev–Trinajstić information content (AvgIpc) is 3.25. The zero-order valence-electron chi connectivity index (χ0n) is 28.8. The molecule has 2 aliphatic rings. The Hall–Kier alpha value is -1.51. The first-order valence-electron chi connectivity index (χ1n) is 17.1. The van der Waals surface area contributed by atoms with Crippen LogP contribution in [0.5, 0.6) is 0 Å². The topological polar surface area (TPSA) is 38.7 Å². The van der Waals surface area contributed by atoms with Crippen molar-refractivity contribution >= 4 is 27.0 Å². The molecule has 3 unspecified atom stereocenters. The number of hydrogen-bond acceptors (Lipinski definition) is 3. The Morgan fingerprint density at radius 1 is 0.791 bits per heavy atom. The van der Waals surface area contributed by atoms with Crippen LogP contribution in [0.2, 0.25) is 21.7 Å². The van der Waals surface area contributed by atoms with Crippen molar-refractivity contribution in [3.8, 4) is 0 Å². The van der Waals surface area contributed by atoms with Gasteiger partial charge in [-0.3, -0.25) is 0 Å². The molecule has 0 radical (unpaired) electrons. The Kier molecular flexibility index (Phi) is 11.1. The molecule has 5 heteroatoms. The molecule has 238 valence electrons. The van der Waals surface area contributed by atoms with Crippen LogP contribution >= 0.6 is 0 Å². The van der Waals surface area contributed by atoms with Crippen molar-refractivity contribution in [1.29, 1.82) is 0 Å². The molecule has 4 atom stereocenters. The number of fused-ring (bicyclic) bond motifs is 1. The molecule has 0 spiro atoms. The Balaban J connectivity index is 1.62. The van der Waals surface area contributed by atoms with Crippen LogP contribution in [0.3, 0.4) is 0 Å². The van der Waals surface area contributed by atoms with Gasteiger partial charge in [0, 0.05) is 6.61 Å². The molecule has 0 bridgehead atoms. The predicted octanol–water partition coefficient (Wildman–Crippen LogP) is 9.01. The zero-order chi connectivity index (χ0) is 31.6. The largest absolute Gasteiger partial charge is 0.409 e. The molecule has 1 fully saturated rings. The molecule has 0 amide bonds. The maximum Gasteiger partial charge on any atom is 0.261 e. The molecule has 0 heterocycles. The lowest BCUT2D eigenvalue weighted by Gasteiger charge is -2.47. The monoisotopic (exact) mass is 620 g/mol. The number of benzene rings is 2. The van der Waals surface area contributed by atoms with E-state index in [2.05, 4.69) is 130 Å². The second-order valence-corrected chi connectivity index (χ2v) is 25.3. The van der Waals surface area contributed by atoms with E-state index in [4.69, 9.17) is 8.85 Å². The van der Waals surface area contributed by atoms with Crippen molar-refractivity contribution in [2.75, 3.05) is 6.61 Å². The molecular formula is C38H60O3Si2. The summed E-state index contributed by atoms with van der Waals surface area (Å²) in [6.07, 6.45) is 4.73. The summed E-state index contributed by atoms with van der Waals surface area (Å²) >= 11 is 0. The molecular weight excluding hydrogens is 561 g/mol. The third kappa shape index (κ3) is 6.72. The maximum absolute atomic E-state index is 11.5. The first kappa shape index (κ1) is 34.4. The normalized spacial score (nSPS) is 23.5. The minimum Gasteiger partial charge on any atom is -0.409 e. The van der Waals surface area contributed by atoms with E-state index < -0.39 is 16.6 Å². The third-order valence-corrected chi connectivity index (χ3v) is 21.9. The fourth-order valence-corrected chi connectivity index (χ4v) is 19.2. The van der Waals surface area contributed by atoms with Crippen molar-refractivity contribution in [3.63, 3.8) is 0 Å². The van der Waals surface area contributed by atoms with Gasteiger partial charge in [-0.15, -0.1) is 0 Å². The summed E-state index contributed by atoms with van der Waals surface area (Å²) in [6, 6.07) is 21.8. The number of aliphatic hydroxyl groups excluding tert-OH is 1. The van der Waals surface area contributed by atoms with Gasteiger partial charge in [0.1, 0.15) is 0 Å². The lowest BCUT2D eigenvalue weighted by Crippen LogP contribution is -2.66. The molecule has 0 saturated heterocycles. The Labute approximate surface area is 265 Å². The van der Waals surface area contributed by atoms with Crippen LogP contribution in [-0.2, 0) is 8.85 Å². The summed E-state index contributed by atoms with van der Waals surface area (Å²) in [5.74, 6) is 1.08. The molecule has 0 aliphatic heterocycles. The Bertz CT molecular complexity index is 1140. The van der Waals surface area contributed by atoms with Crippen LogP contribution in [0.4, 0.5) is 0 Å². The van der Waals surface area contributed by atoms with Crippen LogP contribution in [0, 0.1) is 11.8 Å².